The molecule has 1 aromatic heterocycles. The molecule has 0 saturated carbocycles. The number of aromatic nitrogens is 1. The maximum atomic E-state index is 12.6. The molecule has 1 aliphatic rings. The van der Waals surface area contributed by atoms with Crippen molar-refractivity contribution in [2.75, 3.05) is 19.0 Å². The molecule has 122 valence electrons. The lowest BCUT2D eigenvalue weighted by atomic mass is 10.0. The van der Waals surface area contributed by atoms with Gasteiger partial charge in [0, 0.05) is 53.4 Å². The molecule has 2 aromatic carbocycles. The molecule has 0 atom stereocenters. The van der Waals surface area contributed by atoms with Crippen LogP contribution in [-0.2, 0) is 13.0 Å². The Morgan fingerprint density at radius 1 is 1.21 bits per heavy atom. The lowest BCUT2D eigenvalue weighted by Gasteiger charge is -2.27. The molecule has 4 rings (SSSR count). The van der Waals surface area contributed by atoms with Gasteiger partial charge in [0.25, 0.3) is 0 Å². The predicted octanol–water partition coefficient (Wildman–Crippen LogP) is 3.77. The number of para-hydroxylation sites is 1. The first-order chi connectivity index (χ1) is 11.7. The highest BCUT2D eigenvalue weighted by Crippen LogP contribution is 2.28. The molecular formula is C19H19N3O2. The Kier molecular flexibility index (Phi) is 3.61. The summed E-state index contributed by atoms with van der Waals surface area (Å²) in [6.45, 7) is 1.32. The summed E-state index contributed by atoms with van der Waals surface area (Å²) < 4.78 is 5.20. The SMILES string of the molecule is COc1cccc(NC(=O)N2CCc3[nH]c4ccccc4c3C2)c1. The number of H-pyrrole nitrogens is 1. The minimum absolute atomic E-state index is 0.0841. The van der Waals surface area contributed by atoms with E-state index in [-0.39, 0.29) is 6.03 Å². The number of methoxy groups -OCH3 is 1. The highest BCUT2D eigenvalue weighted by Gasteiger charge is 2.23. The van der Waals surface area contributed by atoms with E-state index in [1.807, 2.05) is 41.3 Å². The standard InChI is InChI=1S/C19H19N3O2/c1-24-14-6-4-5-13(11-14)20-19(23)22-10-9-18-16(12-22)15-7-2-3-8-17(15)21-18/h2-8,11,21H,9-10,12H2,1H3,(H,20,23). The second kappa shape index (κ2) is 5.92. The van der Waals surface area contributed by atoms with Gasteiger partial charge in [0.15, 0.2) is 0 Å². The fraction of sp³-hybridized carbons (Fsp3) is 0.211. The molecule has 5 nitrogen and oxygen atoms in total. The van der Waals surface area contributed by atoms with E-state index in [2.05, 4.69) is 22.4 Å². The van der Waals surface area contributed by atoms with E-state index in [1.165, 1.54) is 16.6 Å². The van der Waals surface area contributed by atoms with Crippen LogP contribution in [0.15, 0.2) is 48.5 Å². The number of aromatic amines is 1. The van der Waals surface area contributed by atoms with Crippen molar-refractivity contribution in [3.8, 4) is 5.75 Å². The number of hydrogen-bond donors (Lipinski definition) is 2. The van der Waals surface area contributed by atoms with Crippen LogP contribution < -0.4 is 10.1 Å². The van der Waals surface area contributed by atoms with Gasteiger partial charge in [0.2, 0.25) is 0 Å². The van der Waals surface area contributed by atoms with Gasteiger partial charge in [-0.3, -0.25) is 0 Å². The Balaban J connectivity index is 1.54. The molecule has 2 N–H and O–H groups in total. The first kappa shape index (κ1) is 14.6. The summed E-state index contributed by atoms with van der Waals surface area (Å²) >= 11 is 0. The monoisotopic (exact) mass is 321 g/mol. The fourth-order valence-electron chi connectivity index (χ4n) is 3.24. The maximum absolute atomic E-state index is 12.6. The third-order valence-electron chi connectivity index (χ3n) is 4.49. The van der Waals surface area contributed by atoms with Gasteiger partial charge in [-0.1, -0.05) is 24.3 Å². The number of hydrogen-bond acceptors (Lipinski definition) is 2. The number of nitrogens with zero attached hydrogens (tertiary/aromatic N) is 1. The van der Waals surface area contributed by atoms with Crippen molar-refractivity contribution in [1.29, 1.82) is 0 Å². The third-order valence-corrected chi connectivity index (χ3v) is 4.49. The molecule has 0 spiro atoms. The number of ether oxygens (including phenoxy) is 1. The van der Waals surface area contributed by atoms with Crippen molar-refractivity contribution in [1.82, 2.24) is 9.88 Å². The Morgan fingerprint density at radius 3 is 2.96 bits per heavy atom. The van der Waals surface area contributed by atoms with Crippen LogP contribution in [0.4, 0.5) is 10.5 Å². The van der Waals surface area contributed by atoms with Crippen LogP contribution in [0.1, 0.15) is 11.3 Å². The Labute approximate surface area is 140 Å². The average Bonchev–Trinajstić information content (AvgIpc) is 2.99. The second-order valence-electron chi connectivity index (χ2n) is 5.96. The molecule has 2 heterocycles. The molecule has 2 amide bonds. The lowest BCUT2D eigenvalue weighted by Crippen LogP contribution is -2.38. The molecular weight excluding hydrogens is 302 g/mol. The van der Waals surface area contributed by atoms with Gasteiger partial charge in [-0.2, -0.15) is 0 Å². The average molecular weight is 321 g/mol. The van der Waals surface area contributed by atoms with Gasteiger partial charge >= 0.3 is 6.03 Å². The van der Waals surface area contributed by atoms with Gasteiger partial charge in [0.1, 0.15) is 5.75 Å². The van der Waals surface area contributed by atoms with E-state index < -0.39 is 0 Å². The molecule has 0 radical (unpaired) electrons. The minimum atomic E-state index is -0.0841. The van der Waals surface area contributed by atoms with Crippen molar-refractivity contribution in [3.63, 3.8) is 0 Å². The van der Waals surface area contributed by atoms with Crippen molar-refractivity contribution in [3.05, 3.63) is 59.8 Å². The first-order valence-corrected chi connectivity index (χ1v) is 8.03. The van der Waals surface area contributed by atoms with Crippen LogP contribution in [0.3, 0.4) is 0 Å². The largest absolute Gasteiger partial charge is 0.497 e. The summed E-state index contributed by atoms with van der Waals surface area (Å²) in [5.41, 5.74) is 4.33. The number of carbonyl (C=O) groups excluding carboxylic acids is 1. The number of fused-ring (bicyclic) bond motifs is 3. The van der Waals surface area contributed by atoms with Gasteiger partial charge < -0.3 is 19.9 Å². The predicted molar refractivity (Wildman–Crippen MR) is 94.4 cm³/mol. The first-order valence-electron chi connectivity index (χ1n) is 8.03. The van der Waals surface area contributed by atoms with E-state index in [4.69, 9.17) is 4.74 Å². The van der Waals surface area contributed by atoms with Gasteiger partial charge in [-0.15, -0.1) is 0 Å². The molecule has 1 aliphatic heterocycles. The molecule has 3 aromatic rings. The summed E-state index contributed by atoms with van der Waals surface area (Å²) in [4.78, 5) is 17.9. The topological polar surface area (TPSA) is 57.4 Å². The number of rotatable bonds is 2. The van der Waals surface area contributed by atoms with Gasteiger partial charge in [-0.05, 0) is 18.2 Å². The smallest absolute Gasteiger partial charge is 0.322 e. The summed E-state index contributed by atoms with van der Waals surface area (Å²) in [5, 5.41) is 4.15. The molecule has 24 heavy (non-hydrogen) atoms. The maximum Gasteiger partial charge on any atom is 0.322 e. The summed E-state index contributed by atoms with van der Waals surface area (Å²) in [7, 11) is 1.62. The number of benzene rings is 2. The molecule has 0 bridgehead atoms. The molecule has 0 saturated heterocycles. The fourth-order valence-corrected chi connectivity index (χ4v) is 3.24. The van der Waals surface area contributed by atoms with Crippen molar-refractivity contribution >= 4 is 22.6 Å². The molecule has 0 fully saturated rings. The Morgan fingerprint density at radius 2 is 2.08 bits per heavy atom. The normalized spacial score (nSPS) is 13.6. The zero-order valence-corrected chi connectivity index (χ0v) is 13.5. The van der Waals surface area contributed by atoms with Crippen LogP contribution >= 0.6 is 0 Å². The minimum Gasteiger partial charge on any atom is -0.497 e. The van der Waals surface area contributed by atoms with E-state index in [9.17, 15) is 4.79 Å². The van der Waals surface area contributed by atoms with Crippen molar-refractivity contribution < 1.29 is 9.53 Å². The molecule has 0 unspecified atom stereocenters. The summed E-state index contributed by atoms with van der Waals surface area (Å²) in [5.74, 6) is 0.727. The van der Waals surface area contributed by atoms with Crippen LogP contribution in [0.5, 0.6) is 5.75 Å². The van der Waals surface area contributed by atoms with Gasteiger partial charge in [0.05, 0.1) is 7.11 Å². The zero-order valence-electron chi connectivity index (χ0n) is 13.5. The zero-order chi connectivity index (χ0) is 16.5. The Hall–Kier alpha value is -2.95. The number of anilines is 1. The number of carbonyl (C=O) groups is 1. The molecule has 0 aliphatic carbocycles. The second-order valence-corrected chi connectivity index (χ2v) is 5.96. The number of urea groups is 1. The van der Waals surface area contributed by atoms with Crippen LogP contribution in [-0.4, -0.2) is 29.6 Å². The summed E-state index contributed by atoms with van der Waals surface area (Å²) in [6.07, 6.45) is 0.843. The quantitative estimate of drug-likeness (QED) is 0.755. The van der Waals surface area contributed by atoms with Crippen molar-refractivity contribution in [2.24, 2.45) is 0 Å². The number of nitrogens with one attached hydrogen (secondary N) is 2. The van der Waals surface area contributed by atoms with E-state index in [0.29, 0.717) is 13.1 Å². The van der Waals surface area contributed by atoms with Crippen LogP contribution in [0, 0.1) is 0 Å². The van der Waals surface area contributed by atoms with Gasteiger partial charge in [-0.25, -0.2) is 4.79 Å². The molecule has 5 heteroatoms. The number of amides is 2. The highest BCUT2D eigenvalue weighted by molar-refractivity contribution is 5.91. The van der Waals surface area contributed by atoms with Crippen LogP contribution in [0.2, 0.25) is 0 Å². The van der Waals surface area contributed by atoms with Crippen LogP contribution in [0.25, 0.3) is 10.9 Å². The highest BCUT2D eigenvalue weighted by atomic mass is 16.5. The Bertz CT molecular complexity index is 901. The lowest BCUT2D eigenvalue weighted by molar-refractivity contribution is 0.206. The van der Waals surface area contributed by atoms with E-state index in [1.54, 1.807) is 7.11 Å². The third kappa shape index (κ3) is 2.58. The summed E-state index contributed by atoms with van der Waals surface area (Å²) in [6, 6.07) is 15.6. The van der Waals surface area contributed by atoms with E-state index in [0.717, 1.165) is 23.4 Å². The van der Waals surface area contributed by atoms with Crippen molar-refractivity contribution in [2.45, 2.75) is 13.0 Å². The van der Waals surface area contributed by atoms with E-state index >= 15 is 0 Å².